The van der Waals surface area contributed by atoms with Crippen molar-refractivity contribution in [3.05, 3.63) is 0 Å². The molecule has 2 unspecified atom stereocenters. The lowest BCUT2D eigenvalue weighted by Crippen LogP contribution is -2.56. The van der Waals surface area contributed by atoms with Gasteiger partial charge in [0.2, 0.25) is 0 Å². The third-order valence-electron chi connectivity index (χ3n) is 1.87. The summed E-state index contributed by atoms with van der Waals surface area (Å²) in [7, 11) is 0. The van der Waals surface area contributed by atoms with Gasteiger partial charge in [0.05, 0.1) is 24.1 Å². The number of thiol groups is 1. The largest absolute Gasteiger partial charge is 0.394 e. The highest BCUT2D eigenvalue weighted by Gasteiger charge is 2.41. The van der Waals surface area contributed by atoms with Gasteiger partial charge in [-0.05, 0) is 0 Å². The Morgan fingerprint density at radius 1 is 1.17 bits per heavy atom. The highest BCUT2D eigenvalue weighted by atomic mass is 32.1. The van der Waals surface area contributed by atoms with Crippen LogP contribution in [0.3, 0.4) is 0 Å². The maximum absolute atomic E-state index is 9.24. The predicted octanol–water partition coefficient (Wildman–Crippen LogP) is -2.28. The number of rotatable bonds is 1. The third kappa shape index (κ3) is 1.73. The number of aliphatic hydroxyl groups is 4. The van der Waals surface area contributed by atoms with E-state index in [1.54, 1.807) is 0 Å². The first-order valence-corrected chi connectivity index (χ1v) is 4.08. The molecule has 0 radical (unpaired) electrons. The summed E-state index contributed by atoms with van der Waals surface area (Å²) in [6.45, 7) is -0.352. The molecule has 1 saturated heterocycles. The molecule has 0 spiro atoms. The number of ether oxygens (including phenoxy) is 1. The molecule has 0 aromatic carbocycles. The van der Waals surface area contributed by atoms with Gasteiger partial charge in [-0.15, -0.1) is 0 Å². The van der Waals surface area contributed by atoms with Crippen molar-refractivity contribution in [1.29, 1.82) is 0 Å². The van der Waals surface area contributed by atoms with Gasteiger partial charge in [0.25, 0.3) is 0 Å². The van der Waals surface area contributed by atoms with Crippen LogP contribution in [-0.4, -0.2) is 56.9 Å². The first-order chi connectivity index (χ1) is 5.57. The Labute approximate surface area is 75.0 Å². The molecule has 5 nitrogen and oxygen atoms in total. The smallest absolute Gasteiger partial charge is 0.183 e. The van der Waals surface area contributed by atoms with Crippen molar-refractivity contribution < 1.29 is 25.2 Å². The Morgan fingerprint density at radius 3 is 2.25 bits per heavy atom. The number of hydrogen-bond donors (Lipinski definition) is 5. The molecule has 1 aliphatic heterocycles. The average molecular weight is 196 g/mol. The summed E-state index contributed by atoms with van der Waals surface area (Å²) < 4.78 is 4.75. The molecule has 0 saturated carbocycles. The van der Waals surface area contributed by atoms with Gasteiger partial charge in [0, 0.05) is 0 Å². The maximum atomic E-state index is 9.24. The molecule has 0 aromatic rings. The van der Waals surface area contributed by atoms with Crippen LogP contribution in [-0.2, 0) is 4.74 Å². The van der Waals surface area contributed by atoms with E-state index in [9.17, 15) is 5.11 Å². The van der Waals surface area contributed by atoms with Crippen LogP contribution >= 0.6 is 12.6 Å². The zero-order chi connectivity index (χ0) is 9.30. The minimum atomic E-state index is -1.46. The fraction of sp³-hybridized carbons (Fsp3) is 1.00. The maximum Gasteiger partial charge on any atom is 0.183 e. The quantitative estimate of drug-likeness (QED) is 0.305. The summed E-state index contributed by atoms with van der Waals surface area (Å²) in [4.78, 5) is 0. The summed E-state index contributed by atoms with van der Waals surface area (Å²) in [6, 6.07) is 0. The normalized spacial score (nSPS) is 49.2. The predicted molar refractivity (Wildman–Crippen MR) is 42.8 cm³/mol. The van der Waals surface area contributed by atoms with E-state index in [1.807, 2.05) is 0 Å². The monoisotopic (exact) mass is 196 g/mol. The van der Waals surface area contributed by atoms with E-state index in [-0.39, 0.29) is 6.61 Å². The summed E-state index contributed by atoms with van der Waals surface area (Å²) in [5.41, 5.74) is 0. The summed E-state index contributed by atoms with van der Waals surface area (Å²) in [5.74, 6) is 0. The fourth-order valence-corrected chi connectivity index (χ4v) is 1.42. The first-order valence-electron chi connectivity index (χ1n) is 3.56. The van der Waals surface area contributed by atoms with Gasteiger partial charge in [-0.3, -0.25) is 0 Å². The molecule has 0 aliphatic carbocycles. The molecule has 6 heteroatoms. The molecule has 12 heavy (non-hydrogen) atoms. The molecule has 0 aromatic heterocycles. The lowest BCUT2D eigenvalue weighted by molar-refractivity contribution is -0.248. The zero-order valence-corrected chi connectivity index (χ0v) is 7.13. The average Bonchev–Trinajstić information content (AvgIpc) is 2.08. The Balaban J connectivity index is 2.63. The second-order valence-corrected chi connectivity index (χ2v) is 3.32. The van der Waals surface area contributed by atoms with Crippen molar-refractivity contribution >= 4 is 12.6 Å². The van der Waals surface area contributed by atoms with Crippen LogP contribution in [0.5, 0.6) is 0 Å². The highest BCUT2D eigenvalue weighted by molar-refractivity contribution is 7.81. The SMILES string of the molecule is OCC1O[C@H](O)C(O)[C@@H](O)[C@H]1S. The van der Waals surface area contributed by atoms with Crippen molar-refractivity contribution in [2.75, 3.05) is 6.61 Å². The van der Waals surface area contributed by atoms with E-state index in [0.717, 1.165) is 0 Å². The van der Waals surface area contributed by atoms with Gasteiger partial charge in [-0.2, -0.15) is 12.6 Å². The van der Waals surface area contributed by atoms with Crippen LogP contribution in [0.1, 0.15) is 0 Å². The molecule has 0 amide bonds. The van der Waals surface area contributed by atoms with Crippen LogP contribution in [0.4, 0.5) is 0 Å². The minimum absolute atomic E-state index is 0.352. The van der Waals surface area contributed by atoms with Gasteiger partial charge in [0.15, 0.2) is 6.29 Å². The highest BCUT2D eigenvalue weighted by Crippen LogP contribution is 2.23. The van der Waals surface area contributed by atoms with Crippen LogP contribution in [0.15, 0.2) is 0 Å². The van der Waals surface area contributed by atoms with Gasteiger partial charge in [-0.1, -0.05) is 0 Å². The topological polar surface area (TPSA) is 90.2 Å². The molecular weight excluding hydrogens is 184 g/mol. The molecule has 1 fully saturated rings. The summed E-state index contributed by atoms with van der Waals surface area (Å²) in [6.07, 6.45) is -4.76. The van der Waals surface area contributed by atoms with Gasteiger partial charge >= 0.3 is 0 Å². The molecule has 4 N–H and O–H groups in total. The van der Waals surface area contributed by atoms with Crippen LogP contribution < -0.4 is 0 Å². The second kappa shape index (κ2) is 3.91. The third-order valence-corrected chi connectivity index (χ3v) is 2.51. The molecule has 1 aliphatic rings. The van der Waals surface area contributed by atoms with Crippen molar-refractivity contribution in [2.45, 2.75) is 29.9 Å². The Bertz CT molecular complexity index is 150. The summed E-state index contributed by atoms with van der Waals surface area (Å²) >= 11 is 3.93. The Kier molecular flexibility index (Phi) is 3.33. The van der Waals surface area contributed by atoms with Crippen LogP contribution in [0, 0.1) is 0 Å². The Morgan fingerprint density at radius 2 is 1.75 bits per heavy atom. The van der Waals surface area contributed by atoms with E-state index in [4.69, 9.17) is 20.1 Å². The molecule has 0 bridgehead atoms. The fourth-order valence-electron chi connectivity index (χ4n) is 1.08. The molecular formula is C6H12O5S. The Hall–Kier alpha value is 0.150. The summed E-state index contributed by atoms with van der Waals surface area (Å²) in [5, 5.41) is 35.3. The minimum Gasteiger partial charge on any atom is -0.394 e. The van der Waals surface area contributed by atoms with E-state index >= 15 is 0 Å². The standard InChI is InChI=1S/C6H12O5S/c7-1-2-5(12)3(8)4(9)6(10)11-2/h2-10,12H,1H2/t2?,3-,4?,5+,6+/m1/s1. The van der Waals surface area contributed by atoms with E-state index < -0.39 is 29.9 Å². The van der Waals surface area contributed by atoms with E-state index in [0.29, 0.717) is 0 Å². The van der Waals surface area contributed by atoms with Gasteiger partial charge in [0.1, 0.15) is 6.10 Å². The van der Waals surface area contributed by atoms with Crippen molar-refractivity contribution in [2.24, 2.45) is 0 Å². The lowest BCUT2D eigenvalue weighted by Gasteiger charge is -2.37. The lowest BCUT2D eigenvalue weighted by atomic mass is 10.0. The molecule has 1 rings (SSSR count). The number of aliphatic hydroxyl groups excluding tert-OH is 4. The second-order valence-electron chi connectivity index (χ2n) is 2.72. The first kappa shape index (κ1) is 10.2. The van der Waals surface area contributed by atoms with Gasteiger partial charge < -0.3 is 25.2 Å². The molecule has 72 valence electrons. The molecule has 1 heterocycles. The van der Waals surface area contributed by atoms with E-state index in [1.165, 1.54) is 0 Å². The van der Waals surface area contributed by atoms with Crippen molar-refractivity contribution in [3.63, 3.8) is 0 Å². The van der Waals surface area contributed by atoms with Gasteiger partial charge in [-0.25, -0.2) is 0 Å². The van der Waals surface area contributed by atoms with Crippen molar-refractivity contribution in [1.82, 2.24) is 0 Å². The van der Waals surface area contributed by atoms with Crippen molar-refractivity contribution in [3.8, 4) is 0 Å². The van der Waals surface area contributed by atoms with E-state index in [2.05, 4.69) is 12.6 Å². The molecule has 5 atom stereocenters. The number of hydrogen-bond acceptors (Lipinski definition) is 6. The zero-order valence-electron chi connectivity index (χ0n) is 6.24. The van der Waals surface area contributed by atoms with Crippen LogP contribution in [0.25, 0.3) is 0 Å². The van der Waals surface area contributed by atoms with Crippen LogP contribution in [0.2, 0.25) is 0 Å².